The number of hydrogen-bond acceptors (Lipinski definition) is 8. The van der Waals surface area contributed by atoms with E-state index in [1.54, 1.807) is 48.8 Å². The number of nitrogens with two attached hydrogens (primary N) is 1. The number of nitrogens with one attached hydrogen (secondary N) is 1. The number of amides is 1. The van der Waals surface area contributed by atoms with Crippen LogP contribution in [-0.4, -0.2) is 43.5 Å². The molecule has 4 aromatic heterocycles. The van der Waals surface area contributed by atoms with Crippen molar-refractivity contribution in [2.24, 2.45) is 0 Å². The lowest BCUT2D eigenvalue weighted by Gasteiger charge is -2.11. The highest BCUT2D eigenvalue weighted by Gasteiger charge is 2.19. The van der Waals surface area contributed by atoms with Crippen LogP contribution in [-0.2, 0) is 16.0 Å². The molecule has 0 spiro atoms. The van der Waals surface area contributed by atoms with Gasteiger partial charge in [0.05, 0.1) is 36.7 Å². The van der Waals surface area contributed by atoms with Crippen molar-refractivity contribution in [2.75, 3.05) is 18.2 Å². The van der Waals surface area contributed by atoms with Gasteiger partial charge in [0, 0.05) is 17.3 Å². The van der Waals surface area contributed by atoms with Crippen molar-refractivity contribution < 1.29 is 14.3 Å². The average molecular weight is 556 g/mol. The van der Waals surface area contributed by atoms with Crippen molar-refractivity contribution in [3.63, 3.8) is 0 Å². The molecule has 4 heterocycles. The number of carbonyl (C=O) groups excluding carboxylic acids is 2. The smallest absolute Gasteiger partial charge is 0.309 e. The van der Waals surface area contributed by atoms with Gasteiger partial charge in [0.1, 0.15) is 17.2 Å². The fourth-order valence-electron chi connectivity index (χ4n) is 4.60. The molecule has 0 unspecified atom stereocenters. The number of aromatic nitrogens is 5. The predicted octanol–water partition coefficient (Wildman–Crippen LogP) is 5.09. The van der Waals surface area contributed by atoms with Crippen molar-refractivity contribution in [1.29, 1.82) is 0 Å². The third-order valence-corrected chi connectivity index (χ3v) is 6.67. The van der Waals surface area contributed by atoms with Crippen LogP contribution in [0.25, 0.3) is 39.5 Å². The summed E-state index contributed by atoms with van der Waals surface area (Å²) in [5.41, 5.74) is 11.7. The van der Waals surface area contributed by atoms with Gasteiger partial charge in [0.15, 0.2) is 11.5 Å². The zero-order chi connectivity index (χ0) is 29.1. The first-order chi connectivity index (χ1) is 20.5. The van der Waals surface area contributed by atoms with E-state index in [4.69, 9.17) is 20.4 Å². The summed E-state index contributed by atoms with van der Waals surface area (Å²) in [6.07, 6.45) is 3.34. The largest absolute Gasteiger partial charge is 0.469 e. The Morgan fingerprint density at radius 1 is 0.905 bits per heavy atom. The number of nitrogens with zero attached hydrogens (tertiary/aromatic N) is 5. The van der Waals surface area contributed by atoms with Gasteiger partial charge in [-0.3, -0.25) is 14.2 Å². The summed E-state index contributed by atoms with van der Waals surface area (Å²) < 4.78 is 6.60. The number of hydrogen-bond donors (Lipinski definition) is 2. The molecule has 0 bridgehead atoms. The summed E-state index contributed by atoms with van der Waals surface area (Å²) in [4.78, 5) is 43.1. The van der Waals surface area contributed by atoms with Gasteiger partial charge in [-0.2, -0.15) is 0 Å². The first kappa shape index (κ1) is 26.3. The Balaban J connectivity index is 1.36. The van der Waals surface area contributed by atoms with E-state index in [9.17, 15) is 9.59 Å². The molecular formula is C32H25N7O3. The quantitative estimate of drug-likeness (QED) is 0.260. The van der Waals surface area contributed by atoms with Gasteiger partial charge < -0.3 is 15.8 Å². The zero-order valence-electron chi connectivity index (χ0n) is 22.6. The van der Waals surface area contributed by atoms with E-state index in [0.717, 1.165) is 11.3 Å². The molecule has 0 saturated carbocycles. The Morgan fingerprint density at radius 2 is 1.76 bits per heavy atom. The highest BCUT2D eigenvalue weighted by molar-refractivity contribution is 6.04. The van der Waals surface area contributed by atoms with Crippen LogP contribution in [0.2, 0.25) is 0 Å². The van der Waals surface area contributed by atoms with Gasteiger partial charge in [-0.25, -0.2) is 19.9 Å². The predicted molar refractivity (Wildman–Crippen MR) is 160 cm³/mol. The monoisotopic (exact) mass is 555 g/mol. The lowest BCUT2D eigenvalue weighted by Crippen LogP contribution is -2.14. The number of fused-ring (bicyclic) bond motifs is 1. The maximum absolute atomic E-state index is 12.9. The number of anilines is 2. The second-order valence-corrected chi connectivity index (χ2v) is 9.42. The van der Waals surface area contributed by atoms with E-state index in [1.165, 1.54) is 7.11 Å². The highest BCUT2D eigenvalue weighted by Crippen LogP contribution is 2.31. The number of nitrogen functional groups attached to an aromatic ring is 1. The number of imidazole rings is 1. The van der Waals surface area contributed by atoms with E-state index in [-0.39, 0.29) is 18.3 Å². The van der Waals surface area contributed by atoms with Crippen molar-refractivity contribution in [1.82, 2.24) is 24.5 Å². The molecular weight excluding hydrogens is 530 g/mol. The SMILES string of the molecule is COC(=O)Cc1cccc(C(=O)Nc2ccc(-n3c(-c4cccnc4N)nc4ccc(-c5ccccc5)nc43)cn2)c1. The fraction of sp³-hybridized carbons (Fsp3) is 0.0625. The van der Waals surface area contributed by atoms with Crippen LogP contribution in [0, 0.1) is 0 Å². The van der Waals surface area contributed by atoms with E-state index in [0.29, 0.717) is 51.0 Å². The second kappa shape index (κ2) is 11.3. The Bertz CT molecular complexity index is 1920. The first-order valence-corrected chi connectivity index (χ1v) is 13.1. The molecule has 10 heteroatoms. The fourth-order valence-corrected chi connectivity index (χ4v) is 4.60. The molecule has 6 aromatic rings. The topological polar surface area (TPSA) is 138 Å². The van der Waals surface area contributed by atoms with Crippen LogP contribution in [0.5, 0.6) is 0 Å². The minimum atomic E-state index is -0.380. The standard InChI is InChI=1S/C32H25N7O3/c1-42-28(40)18-20-7-5-10-22(17-20)32(41)38-27-15-12-23(19-35-27)39-30(24-11-6-16-34-29(24)33)37-26-14-13-25(36-31(26)39)21-8-3-2-4-9-21/h2-17,19H,18H2,1H3,(H2,33,34)(H,35,38,41). The summed E-state index contributed by atoms with van der Waals surface area (Å²) in [5.74, 6) is 0.521. The molecule has 3 N–H and O–H groups in total. The molecule has 0 saturated heterocycles. The van der Waals surface area contributed by atoms with Gasteiger partial charge in [0.25, 0.3) is 5.91 Å². The van der Waals surface area contributed by atoms with Crippen LogP contribution in [0.3, 0.4) is 0 Å². The number of methoxy groups -OCH3 is 1. The van der Waals surface area contributed by atoms with E-state index < -0.39 is 0 Å². The maximum Gasteiger partial charge on any atom is 0.309 e. The first-order valence-electron chi connectivity index (χ1n) is 13.1. The normalized spacial score (nSPS) is 10.9. The van der Waals surface area contributed by atoms with Gasteiger partial charge >= 0.3 is 5.97 Å². The summed E-state index contributed by atoms with van der Waals surface area (Å²) in [6, 6.07) is 27.7. The number of carbonyl (C=O) groups is 2. The molecule has 1 amide bonds. The van der Waals surface area contributed by atoms with Crippen LogP contribution < -0.4 is 11.1 Å². The Morgan fingerprint density at radius 3 is 2.52 bits per heavy atom. The van der Waals surface area contributed by atoms with E-state index in [2.05, 4.69) is 15.3 Å². The van der Waals surface area contributed by atoms with Gasteiger partial charge in [0.2, 0.25) is 0 Å². The highest BCUT2D eigenvalue weighted by atomic mass is 16.5. The molecule has 42 heavy (non-hydrogen) atoms. The summed E-state index contributed by atoms with van der Waals surface area (Å²) >= 11 is 0. The van der Waals surface area contributed by atoms with E-state index in [1.807, 2.05) is 59.2 Å². The maximum atomic E-state index is 12.9. The summed E-state index contributed by atoms with van der Waals surface area (Å²) in [7, 11) is 1.33. The lowest BCUT2D eigenvalue weighted by atomic mass is 10.1. The van der Waals surface area contributed by atoms with Gasteiger partial charge in [-0.1, -0.05) is 42.5 Å². The Labute approximate surface area is 240 Å². The molecule has 6 rings (SSSR count). The minimum absolute atomic E-state index is 0.0766. The molecule has 2 aromatic carbocycles. The third-order valence-electron chi connectivity index (χ3n) is 6.67. The van der Waals surface area contributed by atoms with Crippen molar-refractivity contribution in [3.8, 4) is 28.3 Å². The number of ether oxygens (including phenoxy) is 1. The lowest BCUT2D eigenvalue weighted by molar-refractivity contribution is -0.139. The Hall–Kier alpha value is -5.90. The number of benzene rings is 2. The van der Waals surface area contributed by atoms with Crippen LogP contribution in [0.4, 0.5) is 11.6 Å². The van der Waals surface area contributed by atoms with E-state index >= 15 is 0 Å². The zero-order valence-corrected chi connectivity index (χ0v) is 22.6. The molecule has 0 aliphatic carbocycles. The van der Waals surface area contributed by atoms with Crippen LogP contribution >= 0.6 is 0 Å². The molecule has 0 fully saturated rings. The third kappa shape index (κ3) is 5.28. The van der Waals surface area contributed by atoms with Gasteiger partial charge in [-0.15, -0.1) is 0 Å². The molecule has 0 atom stereocenters. The molecule has 0 radical (unpaired) electrons. The summed E-state index contributed by atoms with van der Waals surface area (Å²) in [5, 5.41) is 2.81. The second-order valence-electron chi connectivity index (χ2n) is 9.42. The van der Waals surface area contributed by atoms with Crippen molar-refractivity contribution >= 4 is 34.7 Å². The number of pyridine rings is 3. The molecule has 0 aliphatic rings. The van der Waals surface area contributed by atoms with Crippen molar-refractivity contribution in [3.05, 3.63) is 115 Å². The minimum Gasteiger partial charge on any atom is -0.469 e. The molecule has 0 aliphatic heterocycles. The Kier molecular flexibility index (Phi) is 7.08. The van der Waals surface area contributed by atoms with Crippen molar-refractivity contribution in [2.45, 2.75) is 6.42 Å². The van der Waals surface area contributed by atoms with Gasteiger partial charge in [-0.05, 0) is 54.1 Å². The number of rotatable bonds is 7. The summed E-state index contributed by atoms with van der Waals surface area (Å²) in [6.45, 7) is 0. The molecule has 10 nitrogen and oxygen atoms in total. The average Bonchev–Trinajstić information content (AvgIpc) is 3.40. The van der Waals surface area contributed by atoms with Crippen LogP contribution in [0.15, 0.2) is 103 Å². The number of esters is 1. The van der Waals surface area contributed by atoms with Crippen LogP contribution in [0.1, 0.15) is 15.9 Å². The molecule has 206 valence electrons.